The van der Waals surface area contributed by atoms with Crippen molar-refractivity contribution in [2.45, 2.75) is 32.3 Å². The molecular weight excluding hydrogens is 396 g/mol. The Morgan fingerprint density at radius 3 is 2.58 bits per heavy atom. The van der Waals surface area contributed by atoms with E-state index in [4.69, 9.17) is 9.47 Å². The smallest absolute Gasteiger partial charge is 0.338 e. The van der Waals surface area contributed by atoms with Crippen molar-refractivity contribution >= 4 is 17.8 Å². The van der Waals surface area contributed by atoms with Crippen molar-refractivity contribution in [1.29, 1.82) is 0 Å². The first-order chi connectivity index (χ1) is 14.8. The van der Waals surface area contributed by atoms with Crippen LogP contribution in [0.5, 0.6) is 5.75 Å². The predicted molar refractivity (Wildman–Crippen MR) is 117 cm³/mol. The molecule has 1 heterocycles. The minimum Gasteiger partial charge on any atom is -0.487 e. The molecule has 0 fully saturated rings. The maximum atomic E-state index is 12.2. The number of aryl methyl sites for hydroxylation is 1. The van der Waals surface area contributed by atoms with E-state index in [0.717, 1.165) is 28.0 Å². The Morgan fingerprint density at radius 1 is 1.13 bits per heavy atom. The van der Waals surface area contributed by atoms with Gasteiger partial charge in [-0.15, -0.1) is 0 Å². The van der Waals surface area contributed by atoms with Gasteiger partial charge in [0.1, 0.15) is 11.9 Å². The van der Waals surface area contributed by atoms with Crippen LogP contribution in [-0.2, 0) is 20.7 Å². The van der Waals surface area contributed by atoms with Crippen molar-refractivity contribution < 1.29 is 23.9 Å². The van der Waals surface area contributed by atoms with E-state index < -0.39 is 5.97 Å². The Kier molecular flexibility index (Phi) is 6.95. The molecule has 1 atom stereocenters. The lowest BCUT2D eigenvalue weighted by atomic mass is 9.94. The van der Waals surface area contributed by atoms with Crippen LogP contribution in [0.15, 0.2) is 36.4 Å². The van der Waals surface area contributed by atoms with E-state index in [1.807, 2.05) is 25.1 Å². The number of amides is 2. The zero-order valence-electron chi connectivity index (χ0n) is 18.4. The fourth-order valence-electron chi connectivity index (χ4n) is 3.67. The zero-order chi connectivity index (χ0) is 22.5. The zero-order valence-corrected chi connectivity index (χ0v) is 18.4. The lowest BCUT2D eigenvalue weighted by Crippen LogP contribution is -2.35. The van der Waals surface area contributed by atoms with Gasteiger partial charge in [-0.3, -0.25) is 9.59 Å². The highest BCUT2D eigenvalue weighted by molar-refractivity contribution is 5.98. The molecule has 0 saturated heterocycles. The summed E-state index contributed by atoms with van der Waals surface area (Å²) in [6.45, 7) is 2.35. The molecule has 2 aromatic carbocycles. The summed E-state index contributed by atoms with van der Waals surface area (Å²) >= 11 is 0. The van der Waals surface area contributed by atoms with Gasteiger partial charge >= 0.3 is 5.97 Å². The highest BCUT2D eigenvalue weighted by Crippen LogP contribution is 2.41. The molecule has 0 aliphatic carbocycles. The third-order valence-corrected chi connectivity index (χ3v) is 5.26. The third kappa shape index (κ3) is 5.23. The average molecular weight is 424 g/mol. The van der Waals surface area contributed by atoms with Gasteiger partial charge in [-0.05, 0) is 35.7 Å². The molecular formula is C24H28N2O5. The van der Waals surface area contributed by atoms with E-state index in [1.54, 1.807) is 26.2 Å². The lowest BCUT2D eigenvalue weighted by molar-refractivity contribution is -0.131. The SMILES string of the molecule is COC(=O)c1ccccc1-c1cc(C)cc2c1O[C@H](CNC(=O)CCC(=O)N(C)C)C2. The predicted octanol–water partition coefficient (Wildman–Crippen LogP) is 2.74. The Hall–Kier alpha value is -3.35. The molecule has 0 bridgehead atoms. The van der Waals surface area contributed by atoms with E-state index in [2.05, 4.69) is 11.4 Å². The summed E-state index contributed by atoms with van der Waals surface area (Å²) in [7, 11) is 4.70. The number of rotatable bonds is 7. The number of benzene rings is 2. The topological polar surface area (TPSA) is 84.9 Å². The second-order valence-electron chi connectivity index (χ2n) is 7.87. The Balaban J connectivity index is 1.73. The molecule has 0 spiro atoms. The van der Waals surface area contributed by atoms with E-state index in [-0.39, 0.29) is 30.8 Å². The molecule has 164 valence electrons. The number of hydrogen-bond acceptors (Lipinski definition) is 5. The standard InChI is InChI=1S/C24H28N2O5/c1-15-11-16-13-17(14-25-21(27)9-10-22(28)26(2)3)31-23(16)20(12-15)18-7-5-6-8-19(18)24(29)30-4/h5-8,11-12,17H,9-10,13-14H2,1-4H3,(H,25,27)/t17-/m0/s1. The van der Waals surface area contributed by atoms with Gasteiger partial charge in [0.15, 0.2) is 0 Å². The van der Waals surface area contributed by atoms with Crippen LogP contribution in [0.1, 0.15) is 34.3 Å². The number of nitrogens with one attached hydrogen (secondary N) is 1. The van der Waals surface area contributed by atoms with Crippen LogP contribution >= 0.6 is 0 Å². The number of ether oxygens (including phenoxy) is 2. The van der Waals surface area contributed by atoms with Gasteiger partial charge in [-0.25, -0.2) is 4.79 Å². The lowest BCUT2D eigenvalue weighted by Gasteiger charge is -2.15. The number of hydrogen-bond donors (Lipinski definition) is 1. The van der Waals surface area contributed by atoms with Crippen LogP contribution in [0.25, 0.3) is 11.1 Å². The van der Waals surface area contributed by atoms with Gasteiger partial charge in [0.05, 0.1) is 19.2 Å². The molecule has 2 amide bonds. The molecule has 0 saturated carbocycles. The minimum atomic E-state index is -0.403. The molecule has 2 aromatic rings. The van der Waals surface area contributed by atoms with Gasteiger partial charge in [-0.2, -0.15) is 0 Å². The fourth-order valence-corrected chi connectivity index (χ4v) is 3.67. The monoisotopic (exact) mass is 424 g/mol. The fraction of sp³-hybridized carbons (Fsp3) is 0.375. The molecule has 7 nitrogen and oxygen atoms in total. The molecule has 7 heteroatoms. The third-order valence-electron chi connectivity index (χ3n) is 5.26. The van der Waals surface area contributed by atoms with Crippen molar-refractivity contribution in [1.82, 2.24) is 10.2 Å². The first-order valence-corrected chi connectivity index (χ1v) is 10.2. The molecule has 0 unspecified atom stereocenters. The summed E-state index contributed by atoms with van der Waals surface area (Å²) in [4.78, 5) is 37.5. The van der Waals surface area contributed by atoms with E-state index in [9.17, 15) is 14.4 Å². The highest BCUT2D eigenvalue weighted by atomic mass is 16.5. The van der Waals surface area contributed by atoms with Crippen LogP contribution in [0, 0.1) is 6.92 Å². The van der Waals surface area contributed by atoms with Gasteiger partial charge < -0.3 is 19.7 Å². The molecule has 31 heavy (non-hydrogen) atoms. The first kappa shape index (κ1) is 22.3. The normalized spacial score (nSPS) is 14.4. The number of nitrogens with zero attached hydrogens (tertiary/aromatic N) is 1. The summed E-state index contributed by atoms with van der Waals surface area (Å²) in [5, 5.41) is 2.86. The Labute approximate surface area is 182 Å². The second kappa shape index (κ2) is 9.64. The van der Waals surface area contributed by atoms with Crippen LogP contribution in [-0.4, -0.2) is 56.5 Å². The number of esters is 1. The van der Waals surface area contributed by atoms with Gasteiger partial charge in [-0.1, -0.05) is 24.3 Å². The quantitative estimate of drug-likeness (QED) is 0.691. The summed E-state index contributed by atoms with van der Waals surface area (Å²) in [6, 6.07) is 11.3. The van der Waals surface area contributed by atoms with Crippen molar-refractivity contribution in [2.75, 3.05) is 27.7 Å². The van der Waals surface area contributed by atoms with Gasteiger partial charge in [0.2, 0.25) is 11.8 Å². The van der Waals surface area contributed by atoms with Crippen LogP contribution < -0.4 is 10.1 Å². The first-order valence-electron chi connectivity index (χ1n) is 10.2. The van der Waals surface area contributed by atoms with Gasteiger partial charge in [0, 0.05) is 38.9 Å². The van der Waals surface area contributed by atoms with Crippen molar-refractivity contribution in [3.05, 3.63) is 53.1 Å². The Bertz CT molecular complexity index is 999. The van der Waals surface area contributed by atoms with Crippen LogP contribution in [0.3, 0.4) is 0 Å². The average Bonchev–Trinajstić information content (AvgIpc) is 3.17. The van der Waals surface area contributed by atoms with Gasteiger partial charge in [0.25, 0.3) is 0 Å². The van der Waals surface area contributed by atoms with E-state index in [1.165, 1.54) is 12.0 Å². The van der Waals surface area contributed by atoms with Crippen molar-refractivity contribution in [3.8, 4) is 16.9 Å². The second-order valence-corrected chi connectivity index (χ2v) is 7.87. The van der Waals surface area contributed by atoms with E-state index in [0.29, 0.717) is 18.5 Å². The molecule has 0 aromatic heterocycles. The number of carbonyl (C=O) groups is 3. The maximum absolute atomic E-state index is 12.2. The molecule has 1 N–H and O–H groups in total. The number of methoxy groups -OCH3 is 1. The molecule has 3 rings (SSSR count). The van der Waals surface area contributed by atoms with E-state index >= 15 is 0 Å². The molecule has 1 aliphatic heterocycles. The minimum absolute atomic E-state index is 0.0796. The highest BCUT2D eigenvalue weighted by Gasteiger charge is 2.28. The van der Waals surface area contributed by atoms with Crippen LogP contribution in [0.4, 0.5) is 0 Å². The van der Waals surface area contributed by atoms with Crippen molar-refractivity contribution in [3.63, 3.8) is 0 Å². The largest absolute Gasteiger partial charge is 0.487 e. The maximum Gasteiger partial charge on any atom is 0.338 e. The number of carbonyl (C=O) groups excluding carboxylic acids is 3. The molecule has 0 radical (unpaired) electrons. The van der Waals surface area contributed by atoms with Crippen LogP contribution in [0.2, 0.25) is 0 Å². The molecule has 1 aliphatic rings. The summed E-state index contributed by atoms with van der Waals surface area (Å²) in [5.41, 5.74) is 4.16. The number of fused-ring (bicyclic) bond motifs is 1. The van der Waals surface area contributed by atoms with Crippen molar-refractivity contribution in [2.24, 2.45) is 0 Å². The Morgan fingerprint density at radius 2 is 1.87 bits per heavy atom. The summed E-state index contributed by atoms with van der Waals surface area (Å²) in [6.07, 6.45) is 0.766. The summed E-state index contributed by atoms with van der Waals surface area (Å²) < 4.78 is 11.1. The summed E-state index contributed by atoms with van der Waals surface area (Å²) in [5.74, 6) is 0.0650.